The fraction of sp³-hybridized carbons (Fsp3) is 0.357. The molecule has 0 aliphatic heterocycles. The Labute approximate surface area is 152 Å². The summed E-state index contributed by atoms with van der Waals surface area (Å²) < 4.78 is 6.80. The number of nitrogens with one attached hydrogen (secondary N) is 1. The zero-order valence-electron chi connectivity index (χ0n) is 12.8. The number of rotatable bonds is 7. The van der Waals surface area contributed by atoms with Crippen LogP contribution < -0.4 is 10.1 Å². The average Bonchev–Trinajstić information content (AvgIpc) is 2.95. The first-order chi connectivity index (χ1) is 11.0. The molecule has 124 valence electrons. The second-order valence-corrected chi connectivity index (χ2v) is 8.85. The Morgan fingerprint density at radius 2 is 2.17 bits per heavy atom. The topological polar surface area (TPSA) is 64.1 Å². The number of aromatic nitrogens is 2. The Morgan fingerprint density at radius 3 is 2.83 bits per heavy atom. The van der Waals surface area contributed by atoms with E-state index in [0.717, 1.165) is 14.4 Å². The van der Waals surface area contributed by atoms with E-state index < -0.39 is 0 Å². The number of amides is 1. The lowest BCUT2D eigenvalue weighted by Gasteiger charge is -2.11. The van der Waals surface area contributed by atoms with Crippen molar-refractivity contribution in [3.05, 3.63) is 23.2 Å². The highest BCUT2D eigenvalue weighted by molar-refractivity contribution is 8.03. The van der Waals surface area contributed by atoms with Crippen LogP contribution in [0.25, 0.3) is 0 Å². The molecule has 0 radical (unpaired) electrons. The quantitative estimate of drug-likeness (QED) is 0.706. The van der Waals surface area contributed by atoms with Gasteiger partial charge in [-0.2, -0.15) is 0 Å². The van der Waals surface area contributed by atoms with Crippen molar-refractivity contribution in [1.82, 2.24) is 10.2 Å². The number of halogens is 1. The van der Waals surface area contributed by atoms with E-state index in [9.17, 15) is 4.79 Å². The van der Waals surface area contributed by atoms with E-state index in [1.165, 1.54) is 23.1 Å². The van der Waals surface area contributed by atoms with Crippen LogP contribution in [0, 0.1) is 0 Å². The molecule has 0 aliphatic rings. The monoisotopic (exact) mass is 389 g/mol. The van der Waals surface area contributed by atoms with Crippen LogP contribution in [0.4, 0.5) is 5.69 Å². The van der Waals surface area contributed by atoms with Crippen molar-refractivity contribution in [3.8, 4) is 5.75 Å². The predicted molar refractivity (Wildman–Crippen MR) is 98.3 cm³/mol. The van der Waals surface area contributed by atoms with Gasteiger partial charge in [0.25, 0.3) is 0 Å². The molecule has 1 heterocycles. The molecular weight excluding hydrogens is 374 g/mol. The molecule has 1 amide bonds. The minimum Gasteiger partial charge on any atom is -0.495 e. The highest BCUT2D eigenvalue weighted by Crippen LogP contribution is 2.32. The van der Waals surface area contributed by atoms with Crippen LogP contribution in [0.15, 0.2) is 26.9 Å². The maximum Gasteiger partial charge on any atom is 0.237 e. The number of ether oxygens (including phenoxy) is 1. The standard InChI is InChI=1S/C14H16ClN3O2S3/c1-4-21-13-17-18-14(23-13)22-8(2)12(19)16-9-5-6-11(20-3)10(15)7-9/h5-8H,4H2,1-3H3,(H,16,19)/t8-/m0/s1. The third kappa shape index (κ3) is 5.27. The largest absolute Gasteiger partial charge is 0.495 e. The van der Waals surface area contributed by atoms with Gasteiger partial charge in [-0.05, 0) is 30.9 Å². The summed E-state index contributed by atoms with van der Waals surface area (Å²) in [7, 11) is 1.55. The molecule has 1 aromatic carbocycles. The molecular formula is C14H16ClN3O2S3. The van der Waals surface area contributed by atoms with Crippen molar-refractivity contribution < 1.29 is 9.53 Å². The summed E-state index contributed by atoms with van der Waals surface area (Å²) in [6.45, 7) is 3.90. The van der Waals surface area contributed by atoms with Crippen molar-refractivity contribution in [1.29, 1.82) is 0 Å². The first-order valence-corrected chi connectivity index (χ1v) is 9.86. The first-order valence-electron chi connectivity index (χ1n) is 6.80. The van der Waals surface area contributed by atoms with Crippen molar-refractivity contribution >= 4 is 58.1 Å². The third-order valence-electron chi connectivity index (χ3n) is 2.72. The summed E-state index contributed by atoms with van der Waals surface area (Å²) in [6, 6.07) is 5.13. The summed E-state index contributed by atoms with van der Waals surface area (Å²) in [5.74, 6) is 1.41. The average molecular weight is 390 g/mol. The normalized spacial score (nSPS) is 12.0. The molecule has 1 aromatic heterocycles. The van der Waals surface area contributed by atoms with E-state index in [2.05, 4.69) is 22.4 Å². The number of anilines is 1. The minimum atomic E-state index is -0.289. The number of hydrogen-bond acceptors (Lipinski definition) is 7. The van der Waals surface area contributed by atoms with E-state index in [1.807, 2.05) is 6.92 Å². The molecule has 1 atom stereocenters. The molecule has 2 aromatic rings. The van der Waals surface area contributed by atoms with Crippen LogP contribution in [-0.4, -0.2) is 34.2 Å². The van der Waals surface area contributed by atoms with E-state index in [0.29, 0.717) is 16.5 Å². The fourth-order valence-electron chi connectivity index (χ4n) is 1.62. The second-order valence-electron chi connectivity index (χ2n) is 4.37. The van der Waals surface area contributed by atoms with Gasteiger partial charge in [0.05, 0.1) is 17.4 Å². The summed E-state index contributed by atoms with van der Waals surface area (Å²) in [5, 5.41) is 11.2. The maximum atomic E-state index is 12.3. The van der Waals surface area contributed by atoms with Gasteiger partial charge in [-0.15, -0.1) is 10.2 Å². The predicted octanol–water partition coefficient (Wildman–Crippen LogP) is 4.43. The van der Waals surface area contributed by atoms with Gasteiger partial charge in [0.15, 0.2) is 8.68 Å². The zero-order valence-corrected chi connectivity index (χ0v) is 16.0. The van der Waals surface area contributed by atoms with Gasteiger partial charge in [0, 0.05) is 5.69 Å². The molecule has 1 N–H and O–H groups in total. The van der Waals surface area contributed by atoms with Crippen LogP contribution in [0.2, 0.25) is 5.02 Å². The molecule has 0 fully saturated rings. The summed E-state index contributed by atoms with van der Waals surface area (Å²) in [5.41, 5.74) is 0.632. The zero-order chi connectivity index (χ0) is 16.8. The number of carbonyl (C=O) groups excluding carboxylic acids is 1. The van der Waals surface area contributed by atoms with Crippen molar-refractivity contribution in [3.63, 3.8) is 0 Å². The lowest BCUT2D eigenvalue weighted by Crippen LogP contribution is -2.22. The van der Waals surface area contributed by atoms with Crippen molar-refractivity contribution in [2.45, 2.75) is 27.8 Å². The molecule has 2 rings (SSSR count). The van der Waals surface area contributed by atoms with E-state index in [1.54, 1.807) is 37.1 Å². The number of carbonyl (C=O) groups is 1. The smallest absolute Gasteiger partial charge is 0.237 e. The van der Waals surface area contributed by atoms with Gasteiger partial charge in [-0.1, -0.05) is 53.4 Å². The van der Waals surface area contributed by atoms with Gasteiger partial charge in [-0.25, -0.2) is 0 Å². The van der Waals surface area contributed by atoms with Gasteiger partial charge < -0.3 is 10.1 Å². The Bertz CT molecular complexity index is 681. The van der Waals surface area contributed by atoms with Gasteiger partial charge in [-0.3, -0.25) is 4.79 Å². The summed E-state index contributed by atoms with van der Waals surface area (Å²) in [6.07, 6.45) is 0. The Morgan fingerprint density at radius 1 is 1.43 bits per heavy atom. The number of nitrogens with zero attached hydrogens (tertiary/aromatic N) is 2. The lowest BCUT2D eigenvalue weighted by atomic mass is 10.3. The Balaban J connectivity index is 1.95. The molecule has 0 bridgehead atoms. The van der Waals surface area contributed by atoms with Crippen LogP contribution in [0.5, 0.6) is 5.75 Å². The number of benzene rings is 1. The molecule has 23 heavy (non-hydrogen) atoms. The molecule has 0 aliphatic carbocycles. The molecule has 9 heteroatoms. The third-order valence-corrected chi connectivity index (χ3v) is 6.14. The van der Waals surface area contributed by atoms with Gasteiger partial charge in [0.2, 0.25) is 5.91 Å². The molecule has 0 saturated carbocycles. The minimum absolute atomic E-state index is 0.115. The molecule has 0 spiro atoms. The first kappa shape index (κ1) is 18.4. The summed E-state index contributed by atoms with van der Waals surface area (Å²) >= 11 is 10.6. The highest BCUT2D eigenvalue weighted by Gasteiger charge is 2.18. The number of hydrogen-bond donors (Lipinski definition) is 1. The Hall–Kier alpha value is -0.960. The van der Waals surface area contributed by atoms with Gasteiger partial charge >= 0.3 is 0 Å². The van der Waals surface area contributed by atoms with E-state index >= 15 is 0 Å². The number of methoxy groups -OCH3 is 1. The molecule has 5 nitrogen and oxygen atoms in total. The van der Waals surface area contributed by atoms with E-state index in [-0.39, 0.29) is 11.2 Å². The van der Waals surface area contributed by atoms with Crippen LogP contribution >= 0.6 is 46.5 Å². The van der Waals surface area contributed by atoms with Crippen LogP contribution in [-0.2, 0) is 4.79 Å². The summed E-state index contributed by atoms with van der Waals surface area (Å²) in [4.78, 5) is 12.3. The highest BCUT2D eigenvalue weighted by atomic mass is 35.5. The maximum absolute atomic E-state index is 12.3. The fourth-order valence-corrected chi connectivity index (χ4v) is 4.94. The van der Waals surface area contributed by atoms with Crippen molar-refractivity contribution in [2.75, 3.05) is 18.2 Å². The SMILES string of the molecule is CCSc1nnc(S[C@@H](C)C(=O)Nc2ccc(OC)c(Cl)c2)s1. The number of thioether (sulfide) groups is 2. The van der Waals surface area contributed by atoms with Crippen molar-refractivity contribution in [2.24, 2.45) is 0 Å². The van der Waals surface area contributed by atoms with Gasteiger partial charge in [0.1, 0.15) is 5.75 Å². The second kappa shape index (κ2) is 8.77. The molecule has 0 unspecified atom stereocenters. The lowest BCUT2D eigenvalue weighted by molar-refractivity contribution is -0.115. The van der Waals surface area contributed by atoms with Crippen LogP contribution in [0.3, 0.4) is 0 Å². The van der Waals surface area contributed by atoms with E-state index in [4.69, 9.17) is 16.3 Å². The Kier molecular flexibility index (Phi) is 7.01. The molecule has 0 saturated heterocycles. The van der Waals surface area contributed by atoms with Crippen LogP contribution in [0.1, 0.15) is 13.8 Å².